The first-order valence-corrected chi connectivity index (χ1v) is 5.80. The van der Waals surface area contributed by atoms with Crippen molar-refractivity contribution in [2.75, 3.05) is 7.11 Å². The van der Waals surface area contributed by atoms with Gasteiger partial charge >= 0.3 is 6.18 Å². The average molecular weight is 306 g/mol. The van der Waals surface area contributed by atoms with E-state index in [-0.39, 0.29) is 12.4 Å². The Morgan fingerprint density at radius 3 is 2.25 bits per heavy atom. The van der Waals surface area contributed by atoms with Crippen LogP contribution in [0.1, 0.15) is 18.0 Å². The third kappa shape index (κ3) is 3.55. The lowest BCUT2D eigenvalue weighted by molar-refractivity contribution is -0.138. The molecule has 6 heteroatoms. The molecule has 0 unspecified atom stereocenters. The van der Waals surface area contributed by atoms with Gasteiger partial charge < -0.3 is 10.5 Å². The molecule has 0 heterocycles. The number of rotatable bonds is 3. The molecular formula is C14H15ClF3NO. The SMILES string of the molecule is COc1ccc([C@H](N)CC(F)(F)F)c2ccccc12.Cl. The minimum atomic E-state index is -4.28. The van der Waals surface area contributed by atoms with Crippen LogP contribution in [-0.2, 0) is 0 Å². The van der Waals surface area contributed by atoms with Gasteiger partial charge in [-0.05, 0) is 17.0 Å². The molecule has 2 rings (SSSR count). The van der Waals surface area contributed by atoms with Crippen molar-refractivity contribution in [2.24, 2.45) is 5.73 Å². The van der Waals surface area contributed by atoms with Gasteiger partial charge in [0.25, 0.3) is 0 Å². The number of hydrogen-bond donors (Lipinski definition) is 1. The van der Waals surface area contributed by atoms with E-state index in [1.807, 2.05) is 6.07 Å². The number of benzene rings is 2. The lowest BCUT2D eigenvalue weighted by atomic mass is 9.96. The largest absolute Gasteiger partial charge is 0.496 e. The highest BCUT2D eigenvalue weighted by atomic mass is 35.5. The van der Waals surface area contributed by atoms with Gasteiger partial charge in [-0.3, -0.25) is 0 Å². The lowest BCUT2D eigenvalue weighted by Crippen LogP contribution is -2.20. The van der Waals surface area contributed by atoms with E-state index < -0.39 is 18.6 Å². The quantitative estimate of drug-likeness (QED) is 0.921. The van der Waals surface area contributed by atoms with E-state index in [1.165, 1.54) is 7.11 Å². The Balaban J connectivity index is 0.00000200. The standard InChI is InChI=1S/C14H14F3NO.ClH/c1-19-13-7-6-10(12(18)8-14(15,16)17)9-4-2-3-5-11(9)13;/h2-7,12H,8,18H2,1H3;1H/t12-;/m1./s1. The Labute approximate surface area is 121 Å². The van der Waals surface area contributed by atoms with Gasteiger partial charge in [-0.2, -0.15) is 13.2 Å². The fraction of sp³-hybridized carbons (Fsp3) is 0.286. The van der Waals surface area contributed by atoms with E-state index in [4.69, 9.17) is 10.5 Å². The normalized spacial score (nSPS) is 12.8. The molecule has 2 N–H and O–H groups in total. The molecule has 2 nitrogen and oxygen atoms in total. The summed E-state index contributed by atoms with van der Waals surface area (Å²) in [5.41, 5.74) is 6.16. The molecule has 0 radical (unpaired) electrons. The second-order valence-corrected chi connectivity index (χ2v) is 4.33. The number of hydrogen-bond acceptors (Lipinski definition) is 2. The van der Waals surface area contributed by atoms with Gasteiger partial charge in [0.2, 0.25) is 0 Å². The van der Waals surface area contributed by atoms with Gasteiger partial charge in [-0.25, -0.2) is 0 Å². The zero-order chi connectivity index (χ0) is 14.0. The molecule has 0 fully saturated rings. The highest BCUT2D eigenvalue weighted by Gasteiger charge is 2.31. The van der Waals surface area contributed by atoms with Crippen molar-refractivity contribution in [3.05, 3.63) is 42.0 Å². The van der Waals surface area contributed by atoms with Crippen LogP contribution in [0, 0.1) is 0 Å². The third-order valence-corrected chi connectivity index (χ3v) is 2.99. The Bertz CT molecular complexity index is 586. The van der Waals surface area contributed by atoms with E-state index in [9.17, 15) is 13.2 Å². The van der Waals surface area contributed by atoms with Gasteiger partial charge in [-0.15, -0.1) is 12.4 Å². The maximum Gasteiger partial charge on any atom is 0.390 e. The Morgan fingerprint density at radius 2 is 1.70 bits per heavy atom. The maximum atomic E-state index is 12.4. The van der Waals surface area contributed by atoms with Crippen LogP contribution in [0.15, 0.2) is 36.4 Å². The van der Waals surface area contributed by atoms with Crippen molar-refractivity contribution in [3.8, 4) is 5.75 Å². The smallest absolute Gasteiger partial charge is 0.390 e. The van der Waals surface area contributed by atoms with Crippen LogP contribution >= 0.6 is 12.4 Å². The third-order valence-electron chi connectivity index (χ3n) is 2.99. The molecule has 2 aromatic carbocycles. The van der Waals surface area contributed by atoms with Crippen molar-refractivity contribution in [2.45, 2.75) is 18.6 Å². The monoisotopic (exact) mass is 305 g/mol. The van der Waals surface area contributed by atoms with Crippen LogP contribution < -0.4 is 10.5 Å². The Kier molecular flexibility index (Phi) is 5.25. The minimum absolute atomic E-state index is 0. The molecule has 20 heavy (non-hydrogen) atoms. The molecule has 110 valence electrons. The molecule has 0 aliphatic carbocycles. The second kappa shape index (κ2) is 6.33. The summed E-state index contributed by atoms with van der Waals surface area (Å²) >= 11 is 0. The summed E-state index contributed by atoms with van der Waals surface area (Å²) in [5, 5.41) is 1.46. The fourth-order valence-corrected chi connectivity index (χ4v) is 2.16. The number of methoxy groups -OCH3 is 1. The van der Waals surface area contributed by atoms with Crippen LogP contribution in [0.5, 0.6) is 5.75 Å². The molecule has 2 aromatic rings. The van der Waals surface area contributed by atoms with E-state index in [1.54, 1.807) is 30.3 Å². The number of alkyl halides is 3. The summed E-state index contributed by atoms with van der Waals surface area (Å²) in [6, 6.07) is 9.30. The van der Waals surface area contributed by atoms with Crippen LogP contribution in [0.2, 0.25) is 0 Å². The molecule has 0 aliphatic rings. The van der Waals surface area contributed by atoms with E-state index in [0.717, 1.165) is 5.39 Å². The van der Waals surface area contributed by atoms with Gasteiger partial charge in [0.05, 0.1) is 13.5 Å². The van der Waals surface area contributed by atoms with Crippen LogP contribution in [0.4, 0.5) is 13.2 Å². The fourth-order valence-electron chi connectivity index (χ4n) is 2.16. The van der Waals surface area contributed by atoms with Crippen molar-refractivity contribution in [3.63, 3.8) is 0 Å². The van der Waals surface area contributed by atoms with Crippen LogP contribution in [-0.4, -0.2) is 13.3 Å². The molecule has 0 saturated carbocycles. The van der Waals surface area contributed by atoms with E-state index in [0.29, 0.717) is 16.7 Å². The Morgan fingerprint density at radius 1 is 1.10 bits per heavy atom. The average Bonchev–Trinajstić information content (AvgIpc) is 2.35. The highest BCUT2D eigenvalue weighted by Crippen LogP contribution is 2.34. The topological polar surface area (TPSA) is 35.2 Å². The second-order valence-electron chi connectivity index (χ2n) is 4.33. The number of ether oxygens (including phenoxy) is 1. The predicted molar refractivity (Wildman–Crippen MR) is 75.3 cm³/mol. The van der Waals surface area contributed by atoms with Crippen LogP contribution in [0.25, 0.3) is 10.8 Å². The molecule has 0 amide bonds. The maximum absolute atomic E-state index is 12.4. The van der Waals surface area contributed by atoms with E-state index in [2.05, 4.69) is 0 Å². The molecule has 1 atom stereocenters. The first-order chi connectivity index (χ1) is 8.92. The number of fused-ring (bicyclic) bond motifs is 1. The molecule has 0 spiro atoms. The molecule has 0 aromatic heterocycles. The van der Waals surface area contributed by atoms with Crippen LogP contribution in [0.3, 0.4) is 0 Å². The molecule has 0 bridgehead atoms. The molecule has 0 aliphatic heterocycles. The molecular weight excluding hydrogens is 291 g/mol. The zero-order valence-electron chi connectivity index (χ0n) is 10.8. The first-order valence-electron chi connectivity index (χ1n) is 5.80. The summed E-state index contributed by atoms with van der Waals surface area (Å²) in [6.45, 7) is 0. The summed E-state index contributed by atoms with van der Waals surface area (Å²) in [4.78, 5) is 0. The van der Waals surface area contributed by atoms with Gasteiger partial charge in [0, 0.05) is 11.4 Å². The van der Waals surface area contributed by atoms with Gasteiger partial charge in [0.15, 0.2) is 0 Å². The van der Waals surface area contributed by atoms with Gasteiger partial charge in [0.1, 0.15) is 5.75 Å². The van der Waals surface area contributed by atoms with Crippen molar-refractivity contribution < 1.29 is 17.9 Å². The van der Waals surface area contributed by atoms with Gasteiger partial charge in [-0.1, -0.05) is 30.3 Å². The van der Waals surface area contributed by atoms with Crippen molar-refractivity contribution >= 4 is 23.2 Å². The summed E-state index contributed by atoms with van der Waals surface area (Å²) in [6.07, 6.45) is -5.32. The lowest BCUT2D eigenvalue weighted by Gasteiger charge is -2.17. The number of nitrogens with two attached hydrogens (primary N) is 1. The van der Waals surface area contributed by atoms with Crippen molar-refractivity contribution in [1.29, 1.82) is 0 Å². The summed E-state index contributed by atoms with van der Waals surface area (Å²) < 4.78 is 42.5. The molecule has 0 saturated heterocycles. The summed E-state index contributed by atoms with van der Waals surface area (Å²) in [5.74, 6) is 0.624. The van der Waals surface area contributed by atoms with E-state index >= 15 is 0 Å². The number of halogens is 4. The summed E-state index contributed by atoms with van der Waals surface area (Å²) in [7, 11) is 1.52. The van der Waals surface area contributed by atoms with Crippen molar-refractivity contribution in [1.82, 2.24) is 0 Å². The zero-order valence-corrected chi connectivity index (χ0v) is 11.6. The predicted octanol–water partition coefficient (Wildman–Crippen LogP) is 4.22. The highest BCUT2D eigenvalue weighted by molar-refractivity contribution is 5.91. The first kappa shape index (κ1) is 16.6. The minimum Gasteiger partial charge on any atom is -0.496 e. The Hall–Kier alpha value is -1.46.